The van der Waals surface area contributed by atoms with Gasteiger partial charge < -0.3 is 4.74 Å². The van der Waals surface area contributed by atoms with E-state index in [2.05, 4.69) is 9.72 Å². The number of aromatic nitrogens is 1. The maximum absolute atomic E-state index is 11.8. The average Bonchev–Trinajstić information content (AvgIpc) is 2.06. The predicted molar refractivity (Wildman–Crippen MR) is 52.5 cm³/mol. The second-order valence-electron chi connectivity index (χ2n) is 2.92. The normalized spacial score (nSPS) is 10.7. The van der Waals surface area contributed by atoms with E-state index in [1.165, 1.54) is 12.3 Å². The van der Waals surface area contributed by atoms with Gasteiger partial charge in [-0.1, -0.05) is 0 Å². The third-order valence-corrected chi connectivity index (χ3v) is 1.80. The number of aryl methyl sites for hydroxylation is 1. The Morgan fingerprint density at radius 2 is 1.93 bits per heavy atom. The van der Waals surface area contributed by atoms with Crippen LogP contribution in [0.25, 0.3) is 0 Å². The summed E-state index contributed by atoms with van der Waals surface area (Å²) in [7, 11) is 0. The van der Waals surface area contributed by atoms with Crippen LogP contribution in [0.1, 0.15) is 11.3 Å². The van der Waals surface area contributed by atoms with Crippen LogP contribution in [0.2, 0.25) is 0 Å². The summed E-state index contributed by atoms with van der Waals surface area (Å²) in [5, 5.41) is 0. The predicted octanol–water partition coefficient (Wildman–Crippen LogP) is 3.06. The molecule has 0 N–H and O–H groups in total. The Morgan fingerprint density at radius 1 is 1.33 bits per heavy atom. The molecule has 0 aliphatic heterocycles. The molecule has 1 aromatic rings. The Kier molecular flexibility index (Phi) is 4.87. The van der Waals surface area contributed by atoms with Crippen LogP contribution in [-0.2, 0) is 0 Å². The quantitative estimate of drug-likeness (QED) is 0.794. The smallest absolute Gasteiger partial charge is 0.422 e. The van der Waals surface area contributed by atoms with Gasteiger partial charge in [0.15, 0.2) is 6.61 Å². The highest BCUT2D eigenvalue weighted by atomic mass is 35.5. The number of nitrogens with zero attached hydrogens (tertiary/aromatic N) is 1. The number of alkyl halides is 3. The van der Waals surface area contributed by atoms with E-state index in [1.807, 2.05) is 0 Å². The number of hydrogen-bond acceptors (Lipinski definition) is 2. The summed E-state index contributed by atoms with van der Waals surface area (Å²) in [6, 6.07) is 1.42. The Hall–Kier alpha value is -0.970. The summed E-state index contributed by atoms with van der Waals surface area (Å²) >= 11 is 0. The first-order valence-corrected chi connectivity index (χ1v) is 4.02. The van der Waals surface area contributed by atoms with Gasteiger partial charge in [-0.2, -0.15) is 13.2 Å². The molecule has 1 rings (SSSR count). The SMILES string of the molecule is Cc1nccc(OCC(F)(F)F)c1C.Cl. The van der Waals surface area contributed by atoms with Crippen molar-refractivity contribution in [3.8, 4) is 5.75 Å². The van der Waals surface area contributed by atoms with E-state index < -0.39 is 12.8 Å². The van der Waals surface area contributed by atoms with Gasteiger partial charge >= 0.3 is 6.18 Å². The van der Waals surface area contributed by atoms with E-state index in [9.17, 15) is 13.2 Å². The largest absolute Gasteiger partial charge is 0.484 e. The van der Waals surface area contributed by atoms with E-state index in [0.717, 1.165) is 0 Å². The molecule has 0 saturated heterocycles. The Balaban J connectivity index is 0.00000196. The number of ether oxygens (including phenoxy) is 1. The van der Waals surface area contributed by atoms with Crippen molar-refractivity contribution in [2.45, 2.75) is 20.0 Å². The lowest BCUT2D eigenvalue weighted by molar-refractivity contribution is -0.153. The van der Waals surface area contributed by atoms with Crippen molar-refractivity contribution < 1.29 is 17.9 Å². The molecule has 0 fully saturated rings. The second kappa shape index (κ2) is 5.21. The van der Waals surface area contributed by atoms with Gasteiger partial charge in [-0.25, -0.2) is 0 Å². The van der Waals surface area contributed by atoms with Crippen molar-refractivity contribution in [3.63, 3.8) is 0 Å². The third kappa shape index (κ3) is 4.38. The zero-order chi connectivity index (χ0) is 10.8. The lowest BCUT2D eigenvalue weighted by Crippen LogP contribution is -2.19. The van der Waals surface area contributed by atoms with Gasteiger partial charge in [-0.15, -0.1) is 12.4 Å². The molecule has 0 spiro atoms. The molecule has 1 aromatic heterocycles. The van der Waals surface area contributed by atoms with Gasteiger partial charge in [-0.3, -0.25) is 4.98 Å². The summed E-state index contributed by atoms with van der Waals surface area (Å²) in [5.74, 6) is 0.231. The molecule has 15 heavy (non-hydrogen) atoms. The molecule has 2 nitrogen and oxygen atoms in total. The molecular weight excluding hydrogens is 231 g/mol. The summed E-state index contributed by atoms with van der Waals surface area (Å²) in [5.41, 5.74) is 1.31. The van der Waals surface area contributed by atoms with Crippen LogP contribution in [0.3, 0.4) is 0 Å². The molecule has 0 aliphatic carbocycles. The summed E-state index contributed by atoms with van der Waals surface area (Å²) < 4.78 is 40.1. The Bertz CT molecular complexity index is 328. The molecular formula is C9H11ClF3NO. The molecule has 1 heterocycles. The second-order valence-corrected chi connectivity index (χ2v) is 2.92. The molecule has 0 radical (unpaired) electrons. The molecule has 0 bridgehead atoms. The minimum Gasteiger partial charge on any atom is -0.484 e. The maximum Gasteiger partial charge on any atom is 0.422 e. The number of hydrogen-bond donors (Lipinski definition) is 0. The van der Waals surface area contributed by atoms with Crippen LogP contribution in [0.5, 0.6) is 5.75 Å². The molecule has 0 unspecified atom stereocenters. The van der Waals surface area contributed by atoms with Gasteiger partial charge in [0.25, 0.3) is 0 Å². The van der Waals surface area contributed by atoms with Crippen LogP contribution in [0, 0.1) is 13.8 Å². The van der Waals surface area contributed by atoms with Gasteiger partial charge in [0.1, 0.15) is 5.75 Å². The van der Waals surface area contributed by atoms with Crippen molar-refractivity contribution in [1.82, 2.24) is 4.98 Å². The first-order valence-electron chi connectivity index (χ1n) is 4.02. The third-order valence-electron chi connectivity index (χ3n) is 1.80. The number of rotatable bonds is 2. The van der Waals surface area contributed by atoms with Crippen molar-refractivity contribution >= 4 is 12.4 Å². The van der Waals surface area contributed by atoms with Crippen LogP contribution < -0.4 is 4.74 Å². The fraction of sp³-hybridized carbons (Fsp3) is 0.444. The summed E-state index contributed by atoms with van der Waals surface area (Å²) in [4.78, 5) is 3.92. The minimum absolute atomic E-state index is 0. The molecule has 6 heteroatoms. The zero-order valence-electron chi connectivity index (χ0n) is 8.26. The van der Waals surface area contributed by atoms with Gasteiger partial charge in [0, 0.05) is 17.5 Å². The fourth-order valence-corrected chi connectivity index (χ4v) is 0.933. The maximum atomic E-state index is 11.8. The van der Waals surface area contributed by atoms with Crippen molar-refractivity contribution in [2.24, 2.45) is 0 Å². The molecule has 0 amide bonds. The Labute approximate surface area is 91.9 Å². The van der Waals surface area contributed by atoms with Crippen LogP contribution in [0.15, 0.2) is 12.3 Å². The van der Waals surface area contributed by atoms with Gasteiger partial charge in [0.05, 0.1) is 0 Å². The van der Waals surface area contributed by atoms with E-state index in [-0.39, 0.29) is 18.2 Å². The topological polar surface area (TPSA) is 22.1 Å². The lowest BCUT2D eigenvalue weighted by atomic mass is 10.2. The highest BCUT2D eigenvalue weighted by molar-refractivity contribution is 5.85. The van der Waals surface area contributed by atoms with Crippen molar-refractivity contribution in [2.75, 3.05) is 6.61 Å². The average molecular weight is 242 g/mol. The minimum atomic E-state index is -4.30. The molecule has 0 atom stereocenters. The van der Waals surface area contributed by atoms with Crippen LogP contribution in [-0.4, -0.2) is 17.8 Å². The van der Waals surface area contributed by atoms with E-state index in [4.69, 9.17) is 0 Å². The van der Waals surface area contributed by atoms with Crippen molar-refractivity contribution in [1.29, 1.82) is 0 Å². The molecule has 0 aliphatic rings. The first kappa shape index (κ1) is 14.0. The van der Waals surface area contributed by atoms with E-state index in [0.29, 0.717) is 11.3 Å². The molecule has 86 valence electrons. The zero-order valence-corrected chi connectivity index (χ0v) is 9.08. The van der Waals surface area contributed by atoms with Gasteiger partial charge in [0.2, 0.25) is 0 Å². The molecule has 0 aromatic carbocycles. The summed E-state index contributed by atoms with van der Waals surface area (Å²) in [6.07, 6.45) is -2.88. The van der Waals surface area contributed by atoms with Crippen molar-refractivity contribution in [3.05, 3.63) is 23.5 Å². The highest BCUT2D eigenvalue weighted by Crippen LogP contribution is 2.22. The standard InChI is InChI=1S/C9H10F3NO.ClH/c1-6-7(2)13-4-3-8(6)14-5-9(10,11)12;/h3-4H,5H2,1-2H3;1H. The first-order chi connectivity index (χ1) is 6.40. The lowest BCUT2D eigenvalue weighted by Gasteiger charge is -2.11. The van der Waals surface area contributed by atoms with Crippen LogP contribution >= 0.6 is 12.4 Å². The van der Waals surface area contributed by atoms with Crippen LogP contribution in [0.4, 0.5) is 13.2 Å². The van der Waals surface area contributed by atoms with E-state index >= 15 is 0 Å². The monoisotopic (exact) mass is 241 g/mol. The highest BCUT2D eigenvalue weighted by Gasteiger charge is 2.28. The van der Waals surface area contributed by atoms with E-state index in [1.54, 1.807) is 13.8 Å². The Morgan fingerprint density at radius 3 is 2.47 bits per heavy atom. The number of halogens is 4. The van der Waals surface area contributed by atoms with Gasteiger partial charge in [-0.05, 0) is 19.9 Å². The molecule has 0 saturated carbocycles. The number of pyridine rings is 1. The summed E-state index contributed by atoms with van der Waals surface area (Å²) in [6.45, 7) is 2.13. The fourth-order valence-electron chi connectivity index (χ4n) is 0.933.